The summed E-state index contributed by atoms with van der Waals surface area (Å²) in [6.07, 6.45) is 8.35. The molecule has 1 N–H and O–H groups in total. The summed E-state index contributed by atoms with van der Waals surface area (Å²) in [5.74, 6) is 0.448. The predicted molar refractivity (Wildman–Crippen MR) is 82.9 cm³/mol. The maximum absolute atomic E-state index is 5.75. The molecule has 0 bridgehead atoms. The van der Waals surface area contributed by atoms with Gasteiger partial charge in [-0.25, -0.2) is 0 Å². The van der Waals surface area contributed by atoms with E-state index in [9.17, 15) is 0 Å². The quantitative estimate of drug-likeness (QED) is 0.789. The van der Waals surface area contributed by atoms with Crippen molar-refractivity contribution in [2.45, 2.75) is 64.0 Å². The first-order chi connectivity index (χ1) is 9.81. The Morgan fingerprint density at radius 2 is 2.35 bits per heavy atom. The molecule has 3 heteroatoms. The van der Waals surface area contributed by atoms with Crippen LogP contribution in [0.1, 0.15) is 57.6 Å². The van der Waals surface area contributed by atoms with Gasteiger partial charge in [0, 0.05) is 30.5 Å². The molecular formula is C17H28N2O. The largest absolute Gasteiger partial charge is 0.378 e. The minimum atomic E-state index is 0.448. The molecule has 0 aromatic carbocycles. The minimum Gasteiger partial charge on any atom is -0.378 e. The molecule has 0 aliphatic carbocycles. The summed E-state index contributed by atoms with van der Waals surface area (Å²) >= 11 is 0. The molecule has 3 unspecified atom stereocenters. The van der Waals surface area contributed by atoms with Crippen molar-refractivity contribution in [3.8, 4) is 0 Å². The van der Waals surface area contributed by atoms with Crippen LogP contribution in [0.4, 0.5) is 0 Å². The average molecular weight is 276 g/mol. The van der Waals surface area contributed by atoms with Gasteiger partial charge in [-0.1, -0.05) is 19.9 Å². The fourth-order valence-corrected chi connectivity index (χ4v) is 2.95. The third-order valence-corrected chi connectivity index (χ3v) is 4.24. The zero-order valence-corrected chi connectivity index (χ0v) is 12.8. The van der Waals surface area contributed by atoms with E-state index in [0.717, 1.165) is 13.2 Å². The van der Waals surface area contributed by atoms with Gasteiger partial charge in [-0.3, -0.25) is 4.98 Å². The van der Waals surface area contributed by atoms with Crippen LogP contribution in [0.2, 0.25) is 0 Å². The van der Waals surface area contributed by atoms with Crippen LogP contribution in [0.15, 0.2) is 24.4 Å². The van der Waals surface area contributed by atoms with Gasteiger partial charge in [-0.2, -0.15) is 0 Å². The number of nitrogens with zero attached hydrogens (tertiary/aromatic N) is 1. The van der Waals surface area contributed by atoms with Crippen molar-refractivity contribution in [2.24, 2.45) is 0 Å². The van der Waals surface area contributed by atoms with Crippen molar-refractivity contribution < 1.29 is 4.74 Å². The van der Waals surface area contributed by atoms with Crippen LogP contribution in [-0.2, 0) is 4.74 Å². The molecule has 2 heterocycles. The van der Waals surface area contributed by atoms with Crippen molar-refractivity contribution in [3.05, 3.63) is 30.1 Å². The number of hydrogen-bond donors (Lipinski definition) is 1. The number of hydrogen-bond acceptors (Lipinski definition) is 3. The van der Waals surface area contributed by atoms with Gasteiger partial charge >= 0.3 is 0 Å². The smallest absolute Gasteiger partial charge is 0.0576 e. The molecule has 112 valence electrons. The zero-order valence-electron chi connectivity index (χ0n) is 12.8. The molecule has 0 saturated carbocycles. The highest BCUT2D eigenvalue weighted by molar-refractivity contribution is 5.11. The second kappa shape index (κ2) is 8.38. The van der Waals surface area contributed by atoms with Gasteiger partial charge in [0.25, 0.3) is 0 Å². The van der Waals surface area contributed by atoms with Gasteiger partial charge in [0.2, 0.25) is 0 Å². The number of pyridine rings is 1. The molecule has 3 nitrogen and oxygen atoms in total. The fourth-order valence-electron chi connectivity index (χ4n) is 2.95. The van der Waals surface area contributed by atoms with Crippen LogP contribution >= 0.6 is 0 Å². The first-order valence-corrected chi connectivity index (χ1v) is 8.07. The van der Waals surface area contributed by atoms with Crippen molar-refractivity contribution in [2.75, 3.05) is 13.2 Å². The second-order valence-electron chi connectivity index (χ2n) is 5.82. The first-order valence-electron chi connectivity index (χ1n) is 8.07. The second-order valence-corrected chi connectivity index (χ2v) is 5.82. The van der Waals surface area contributed by atoms with Crippen LogP contribution in [0, 0.1) is 0 Å². The Morgan fingerprint density at radius 3 is 3.00 bits per heavy atom. The summed E-state index contributed by atoms with van der Waals surface area (Å²) in [4.78, 5) is 4.52. The molecule has 1 aliphatic heterocycles. The number of nitrogens with one attached hydrogen (secondary N) is 1. The van der Waals surface area contributed by atoms with Crippen LogP contribution in [0.5, 0.6) is 0 Å². The van der Waals surface area contributed by atoms with Gasteiger partial charge in [-0.05, 0) is 50.8 Å². The van der Waals surface area contributed by atoms with Gasteiger partial charge < -0.3 is 10.1 Å². The van der Waals surface area contributed by atoms with Crippen LogP contribution in [0.25, 0.3) is 0 Å². The van der Waals surface area contributed by atoms with E-state index in [2.05, 4.69) is 36.3 Å². The lowest BCUT2D eigenvalue weighted by Gasteiger charge is -2.26. The Kier molecular flexibility index (Phi) is 6.48. The van der Waals surface area contributed by atoms with E-state index in [-0.39, 0.29) is 0 Å². The molecule has 0 radical (unpaired) electrons. The summed E-state index contributed by atoms with van der Waals surface area (Å²) < 4.78 is 5.75. The normalized spacial score (nSPS) is 21.8. The third kappa shape index (κ3) is 4.57. The highest BCUT2D eigenvalue weighted by Gasteiger charge is 2.22. The first kappa shape index (κ1) is 15.5. The molecular weight excluding hydrogens is 248 g/mol. The summed E-state index contributed by atoms with van der Waals surface area (Å²) in [6.45, 7) is 6.53. The molecule has 1 aliphatic rings. The lowest BCUT2D eigenvalue weighted by molar-refractivity contribution is 0.0987. The molecule has 1 saturated heterocycles. The molecule has 3 atom stereocenters. The summed E-state index contributed by atoms with van der Waals surface area (Å²) in [5, 5.41) is 3.70. The van der Waals surface area contributed by atoms with Crippen molar-refractivity contribution >= 4 is 0 Å². The van der Waals surface area contributed by atoms with Crippen LogP contribution in [-0.4, -0.2) is 30.3 Å². The highest BCUT2D eigenvalue weighted by atomic mass is 16.5. The molecule has 0 spiro atoms. The SMILES string of the molecule is CCCNC(CCC1CCCO1)C(C)c1ccccn1. The molecule has 2 rings (SSSR count). The topological polar surface area (TPSA) is 34.1 Å². The van der Waals surface area contributed by atoms with Gasteiger partial charge in [-0.15, -0.1) is 0 Å². The number of rotatable bonds is 8. The summed E-state index contributed by atoms with van der Waals surface area (Å²) in [5.41, 5.74) is 1.19. The molecule has 1 aromatic heterocycles. The number of ether oxygens (including phenoxy) is 1. The average Bonchev–Trinajstić information content (AvgIpc) is 3.01. The minimum absolute atomic E-state index is 0.448. The van der Waals surface area contributed by atoms with E-state index in [4.69, 9.17) is 4.74 Å². The predicted octanol–water partition coefficient (Wildman–Crippen LogP) is 3.51. The standard InChI is InChI=1S/C17H28N2O/c1-3-11-18-17(10-9-15-7-6-13-20-15)14(2)16-8-4-5-12-19-16/h4-5,8,12,14-15,17-18H,3,6-7,9-11,13H2,1-2H3. The molecule has 1 aromatic rings. The maximum atomic E-state index is 5.75. The van der Waals surface area contributed by atoms with Crippen molar-refractivity contribution in [1.82, 2.24) is 10.3 Å². The van der Waals surface area contributed by atoms with Crippen LogP contribution < -0.4 is 5.32 Å². The Bertz CT molecular complexity index is 363. The fraction of sp³-hybridized carbons (Fsp3) is 0.706. The van der Waals surface area contributed by atoms with Gasteiger partial charge in [0.05, 0.1) is 6.10 Å². The lowest BCUT2D eigenvalue weighted by atomic mass is 9.92. The Balaban J connectivity index is 1.91. The van der Waals surface area contributed by atoms with E-state index in [1.807, 2.05) is 12.3 Å². The lowest BCUT2D eigenvalue weighted by Crippen LogP contribution is -2.35. The van der Waals surface area contributed by atoms with E-state index in [0.29, 0.717) is 18.1 Å². The molecule has 0 amide bonds. The van der Waals surface area contributed by atoms with E-state index < -0.39 is 0 Å². The summed E-state index contributed by atoms with van der Waals surface area (Å²) in [6, 6.07) is 6.69. The monoisotopic (exact) mass is 276 g/mol. The Morgan fingerprint density at radius 1 is 1.45 bits per heavy atom. The van der Waals surface area contributed by atoms with E-state index in [1.165, 1.54) is 37.8 Å². The van der Waals surface area contributed by atoms with E-state index >= 15 is 0 Å². The van der Waals surface area contributed by atoms with Crippen molar-refractivity contribution in [3.63, 3.8) is 0 Å². The van der Waals surface area contributed by atoms with Crippen LogP contribution in [0.3, 0.4) is 0 Å². The van der Waals surface area contributed by atoms with Gasteiger partial charge in [0.1, 0.15) is 0 Å². The maximum Gasteiger partial charge on any atom is 0.0576 e. The number of aromatic nitrogens is 1. The Labute approximate surface area is 123 Å². The molecule has 20 heavy (non-hydrogen) atoms. The third-order valence-electron chi connectivity index (χ3n) is 4.24. The Hall–Kier alpha value is -0.930. The van der Waals surface area contributed by atoms with E-state index in [1.54, 1.807) is 0 Å². The zero-order chi connectivity index (χ0) is 14.2. The van der Waals surface area contributed by atoms with Gasteiger partial charge in [0.15, 0.2) is 0 Å². The summed E-state index contributed by atoms with van der Waals surface area (Å²) in [7, 11) is 0. The molecule has 1 fully saturated rings. The highest BCUT2D eigenvalue weighted by Crippen LogP contribution is 2.24. The van der Waals surface area contributed by atoms with Crippen molar-refractivity contribution in [1.29, 1.82) is 0 Å².